The lowest BCUT2D eigenvalue weighted by atomic mass is 9.66. The van der Waals surface area contributed by atoms with E-state index < -0.39 is 15.4 Å². The molecule has 0 amide bonds. The molecule has 26 heavy (non-hydrogen) atoms. The van der Waals surface area contributed by atoms with E-state index in [1.54, 1.807) is 49.8 Å². The maximum absolute atomic E-state index is 12.9. The van der Waals surface area contributed by atoms with Gasteiger partial charge in [-0.2, -0.15) is 0 Å². The summed E-state index contributed by atoms with van der Waals surface area (Å²) in [7, 11) is -1.85. The standard InChI is InChI=1S/C19H23N3O2S2/c1-20-18(25)19(15-8-7-13-21-14-15)12-6-5-11-17(19)22-26(23,24)16-9-3-2-4-10-16/h2-4,7-10,13-14,17,22H,5-6,11-12H2,1H3,(H,20,25)/t17-,19+/m1/s1. The fraction of sp³-hybridized carbons (Fsp3) is 0.368. The Morgan fingerprint density at radius 2 is 1.96 bits per heavy atom. The summed E-state index contributed by atoms with van der Waals surface area (Å²) >= 11 is 5.68. The number of benzene rings is 1. The van der Waals surface area contributed by atoms with Crippen LogP contribution in [0.5, 0.6) is 0 Å². The molecule has 0 spiro atoms. The normalized spacial score (nSPS) is 23.3. The van der Waals surface area contributed by atoms with Crippen molar-refractivity contribution >= 4 is 27.2 Å². The van der Waals surface area contributed by atoms with E-state index in [0.717, 1.165) is 31.2 Å². The molecule has 138 valence electrons. The average Bonchev–Trinajstić information content (AvgIpc) is 2.69. The molecule has 1 fully saturated rings. The van der Waals surface area contributed by atoms with Crippen LogP contribution in [-0.4, -0.2) is 31.5 Å². The first-order valence-corrected chi connectivity index (χ1v) is 10.6. The number of sulfonamides is 1. The smallest absolute Gasteiger partial charge is 0.240 e. The molecule has 0 aliphatic heterocycles. The Morgan fingerprint density at radius 3 is 2.62 bits per heavy atom. The second kappa shape index (κ2) is 7.82. The van der Waals surface area contributed by atoms with Gasteiger partial charge in [-0.1, -0.05) is 49.3 Å². The second-order valence-corrected chi connectivity index (χ2v) is 8.65. The lowest BCUT2D eigenvalue weighted by molar-refractivity contribution is 0.305. The highest BCUT2D eigenvalue weighted by Gasteiger charge is 2.47. The zero-order valence-corrected chi connectivity index (χ0v) is 16.3. The van der Waals surface area contributed by atoms with E-state index in [1.807, 2.05) is 12.1 Å². The highest BCUT2D eigenvalue weighted by atomic mass is 32.2. The Bertz CT molecular complexity index is 857. The van der Waals surface area contributed by atoms with Gasteiger partial charge >= 0.3 is 0 Å². The topological polar surface area (TPSA) is 71.1 Å². The summed E-state index contributed by atoms with van der Waals surface area (Å²) in [5, 5.41) is 3.10. The molecular weight excluding hydrogens is 366 g/mol. The number of hydrogen-bond acceptors (Lipinski definition) is 4. The van der Waals surface area contributed by atoms with Crippen molar-refractivity contribution in [3.8, 4) is 0 Å². The molecule has 0 saturated heterocycles. The summed E-state index contributed by atoms with van der Waals surface area (Å²) in [6.07, 6.45) is 6.95. The molecule has 5 nitrogen and oxygen atoms in total. The summed E-state index contributed by atoms with van der Waals surface area (Å²) in [5.74, 6) is 0. The van der Waals surface area contributed by atoms with Crippen molar-refractivity contribution in [1.82, 2.24) is 15.0 Å². The summed E-state index contributed by atoms with van der Waals surface area (Å²) in [4.78, 5) is 5.16. The van der Waals surface area contributed by atoms with Crippen molar-refractivity contribution in [3.05, 3.63) is 60.4 Å². The number of nitrogens with one attached hydrogen (secondary N) is 2. The number of likely N-dealkylation sites (N-methyl/N-ethyl adjacent to an activating group) is 1. The zero-order chi connectivity index (χ0) is 18.6. The Hall–Kier alpha value is -1.83. The Kier molecular flexibility index (Phi) is 5.70. The molecule has 2 atom stereocenters. The predicted molar refractivity (Wildman–Crippen MR) is 107 cm³/mol. The van der Waals surface area contributed by atoms with E-state index in [4.69, 9.17) is 12.2 Å². The number of thiocarbonyl (C=S) groups is 1. The van der Waals surface area contributed by atoms with Crippen LogP contribution in [0.15, 0.2) is 59.8 Å². The number of aromatic nitrogens is 1. The lowest BCUT2D eigenvalue weighted by Gasteiger charge is -2.44. The van der Waals surface area contributed by atoms with Gasteiger partial charge < -0.3 is 5.32 Å². The van der Waals surface area contributed by atoms with Crippen LogP contribution in [0.1, 0.15) is 31.2 Å². The molecular formula is C19H23N3O2S2. The van der Waals surface area contributed by atoms with Crippen LogP contribution in [0.3, 0.4) is 0 Å². The minimum atomic E-state index is -3.64. The zero-order valence-electron chi connectivity index (χ0n) is 14.7. The maximum Gasteiger partial charge on any atom is 0.240 e. The summed E-state index contributed by atoms with van der Waals surface area (Å²) < 4.78 is 28.8. The molecule has 1 aliphatic rings. The molecule has 1 saturated carbocycles. The van der Waals surface area contributed by atoms with Crippen molar-refractivity contribution in [1.29, 1.82) is 0 Å². The van der Waals surface area contributed by atoms with Crippen LogP contribution in [0, 0.1) is 0 Å². The quantitative estimate of drug-likeness (QED) is 0.770. The van der Waals surface area contributed by atoms with Crippen LogP contribution in [0.25, 0.3) is 0 Å². The van der Waals surface area contributed by atoms with Crippen molar-refractivity contribution < 1.29 is 8.42 Å². The summed E-state index contributed by atoms with van der Waals surface area (Å²) in [5.41, 5.74) is 0.346. The van der Waals surface area contributed by atoms with E-state index in [9.17, 15) is 8.42 Å². The van der Waals surface area contributed by atoms with Gasteiger partial charge in [0.15, 0.2) is 0 Å². The van der Waals surface area contributed by atoms with E-state index in [0.29, 0.717) is 4.99 Å². The van der Waals surface area contributed by atoms with Gasteiger partial charge in [0.05, 0.1) is 15.3 Å². The minimum Gasteiger partial charge on any atom is -0.382 e. The van der Waals surface area contributed by atoms with Crippen molar-refractivity contribution in [2.24, 2.45) is 0 Å². The van der Waals surface area contributed by atoms with E-state index >= 15 is 0 Å². The van der Waals surface area contributed by atoms with Crippen molar-refractivity contribution in [2.45, 2.75) is 42.0 Å². The maximum atomic E-state index is 12.9. The fourth-order valence-electron chi connectivity index (χ4n) is 3.79. The first-order chi connectivity index (χ1) is 12.5. The fourth-order valence-corrected chi connectivity index (χ4v) is 5.49. The lowest BCUT2D eigenvalue weighted by Crippen LogP contribution is -2.58. The van der Waals surface area contributed by atoms with Crippen LogP contribution in [0.4, 0.5) is 0 Å². The van der Waals surface area contributed by atoms with Gasteiger partial charge in [0, 0.05) is 25.5 Å². The van der Waals surface area contributed by atoms with E-state index in [1.165, 1.54) is 0 Å². The number of hydrogen-bond donors (Lipinski definition) is 2. The molecule has 7 heteroatoms. The van der Waals surface area contributed by atoms with Crippen molar-refractivity contribution in [3.63, 3.8) is 0 Å². The third kappa shape index (κ3) is 3.51. The first-order valence-electron chi connectivity index (χ1n) is 8.71. The molecule has 1 aromatic carbocycles. The second-order valence-electron chi connectivity index (χ2n) is 6.52. The van der Waals surface area contributed by atoms with Crippen molar-refractivity contribution in [2.75, 3.05) is 7.05 Å². The minimum absolute atomic E-state index is 0.265. The van der Waals surface area contributed by atoms with Gasteiger partial charge in [0.2, 0.25) is 10.0 Å². The van der Waals surface area contributed by atoms with Crippen LogP contribution < -0.4 is 10.0 Å². The highest BCUT2D eigenvalue weighted by Crippen LogP contribution is 2.41. The Morgan fingerprint density at radius 1 is 1.19 bits per heavy atom. The molecule has 2 aromatic rings. The van der Waals surface area contributed by atoms with Gasteiger partial charge in [-0.15, -0.1) is 0 Å². The average molecular weight is 390 g/mol. The number of rotatable bonds is 5. The monoisotopic (exact) mass is 389 g/mol. The molecule has 1 aliphatic carbocycles. The van der Waals surface area contributed by atoms with Gasteiger partial charge in [-0.25, -0.2) is 13.1 Å². The molecule has 0 radical (unpaired) electrons. The molecule has 2 N–H and O–H groups in total. The predicted octanol–water partition coefficient (Wildman–Crippen LogP) is 2.79. The van der Waals surface area contributed by atoms with Gasteiger partial charge in [-0.05, 0) is 36.6 Å². The van der Waals surface area contributed by atoms with E-state index in [2.05, 4.69) is 15.0 Å². The molecule has 1 heterocycles. The number of nitrogens with zero attached hydrogens (tertiary/aromatic N) is 1. The molecule has 0 bridgehead atoms. The van der Waals surface area contributed by atoms with E-state index in [-0.39, 0.29) is 10.9 Å². The van der Waals surface area contributed by atoms with Crippen LogP contribution in [0.2, 0.25) is 0 Å². The van der Waals surface area contributed by atoms with Gasteiger partial charge in [-0.3, -0.25) is 4.98 Å². The first kappa shape index (κ1) is 18.9. The van der Waals surface area contributed by atoms with Gasteiger partial charge in [0.25, 0.3) is 0 Å². The summed E-state index contributed by atoms with van der Waals surface area (Å²) in [6.45, 7) is 0. The Balaban J connectivity index is 2.04. The highest BCUT2D eigenvalue weighted by molar-refractivity contribution is 7.89. The molecule has 3 rings (SSSR count). The Labute approximate surface area is 160 Å². The largest absolute Gasteiger partial charge is 0.382 e. The SMILES string of the molecule is CNC(=S)[C@]1(c2cccnc2)CCCC[C@H]1NS(=O)(=O)c1ccccc1. The molecule has 0 unspecified atom stereocenters. The number of pyridine rings is 1. The van der Waals surface area contributed by atoms with Crippen LogP contribution in [-0.2, 0) is 15.4 Å². The van der Waals surface area contributed by atoms with Crippen LogP contribution >= 0.6 is 12.2 Å². The van der Waals surface area contributed by atoms with Gasteiger partial charge in [0.1, 0.15) is 0 Å². The summed E-state index contributed by atoms with van der Waals surface area (Å²) in [6, 6.07) is 12.0. The third-order valence-corrected chi connectivity index (χ3v) is 7.12. The third-order valence-electron chi connectivity index (χ3n) is 5.07. The molecule has 1 aromatic heterocycles.